The maximum Gasteiger partial charge on any atom is 0.204 e. The van der Waals surface area contributed by atoms with Crippen LogP contribution in [0.5, 0.6) is 0 Å². The number of anilines is 1. The van der Waals surface area contributed by atoms with Crippen molar-refractivity contribution >= 4 is 17.0 Å². The van der Waals surface area contributed by atoms with E-state index in [1.165, 1.54) is 25.0 Å². The van der Waals surface area contributed by atoms with Crippen LogP contribution < -0.4 is 10.2 Å². The second-order valence-corrected chi connectivity index (χ2v) is 5.76. The molecule has 1 aromatic carbocycles. The zero-order valence-corrected chi connectivity index (χ0v) is 12.0. The molecule has 108 valence electrons. The van der Waals surface area contributed by atoms with Crippen molar-refractivity contribution in [3.63, 3.8) is 0 Å². The number of nitrogens with zero attached hydrogens (tertiary/aromatic N) is 2. The van der Waals surface area contributed by atoms with Crippen LogP contribution in [0.4, 0.5) is 10.3 Å². The molecule has 0 radical (unpaired) electrons. The summed E-state index contributed by atoms with van der Waals surface area (Å²) >= 11 is 0. The minimum atomic E-state index is -0.235. The summed E-state index contributed by atoms with van der Waals surface area (Å²) < 4.78 is 13.3. The molecule has 2 N–H and O–H groups in total. The van der Waals surface area contributed by atoms with Crippen LogP contribution in [0.1, 0.15) is 26.7 Å². The van der Waals surface area contributed by atoms with Gasteiger partial charge in [-0.15, -0.1) is 0 Å². The van der Waals surface area contributed by atoms with E-state index in [1.807, 2.05) is 0 Å². The molecular weight excluding hydrogens is 255 g/mol. The number of rotatable bonds is 4. The molecule has 1 saturated heterocycles. The summed E-state index contributed by atoms with van der Waals surface area (Å²) in [4.78, 5) is 10.1. The normalized spacial score (nSPS) is 19.1. The van der Waals surface area contributed by atoms with Crippen molar-refractivity contribution in [1.82, 2.24) is 15.3 Å². The van der Waals surface area contributed by atoms with Crippen LogP contribution >= 0.6 is 0 Å². The van der Waals surface area contributed by atoms with Gasteiger partial charge in [-0.3, -0.25) is 0 Å². The number of imidazole rings is 1. The van der Waals surface area contributed by atoms with Crippen molar-refractivity contribution < 1.29 is 4.39 Å². The van der Waals surface area contributed by atoms with E-state index < -0.39 is 0 Å². The van der Waals surface area contributed by atoms with Crippen LogP contribution in [0.3, 0.4) is 0 Å². The second-order valence-electron chi connectivity index (χ2n) is 5.76. The monoisotopic (exact) mass is 276 g/mol. The first kappa shape index (κ1) is 13.4. The molecule has 5 heteroatoms. The van der Waals surface area contributed by atoms with Crippen molar-refractivity contribution in [2.45, 2.75) is 38.8 Å². The van der Waals surface area contributed by atoms with Crippen LogP contribution in [0.25, 0.3) is 11.0 Å². The highest BCUT2D eigenvalue weighted by Crippen LogP contribution is 2.21. The van der Waals surface area contributed by atoms with E-state index in [4.69, 9.17) is 0 Å². The van der Waals surface area contributed by atoms with E-state index in [0.29, 0.717) is 12.1 Å². The van der Waals surface area contributed by atoms with E-state index >= 15 is 0 Å². The molecule has 1 aliphatic rings. The predicted octanol–water partition coefficient (Wildman–Crippen LogP) is 2.67. The molecular formula is C15H21FN4. The number of hydrogen-bond acceptors (Lipinski definition) is 3. The van der Waals surface area contributed by atoms with Gasteiger partial charge in [0, 0.05) is 18.6 Å². The van der Waals surface area contributed by atoms with Gasteiger partial charge in [-0.05, 0) is 51.4 Å². The maximum atomic E-state index is 13.3. The Hall–Kier alpha value is -1.62. The molecule has 0 saturated carbocycles. The zero-order chi connectivity index (χ0) is 14.1. The summed E-state index contributed by atoms with van der Waals surface area (Å²) in [6, 6.07) is 5.53. The topological polar surface area (TPSA) is 44.0 Å². The SMILES string of the molecule is CC(C)N(CC1CCCN1)c1nc2ccc(F)cc2[nH]1. The summed E-state index contributed by atoms with van der Waals surface area (Å²) in [5.41, 5.74) is 1.57. The highest BCUT2D eigenvalue weighted by Gasteiger charge is 2.22. The standard InChI is InChI=1S/C15H21FN4/c1-10(2)20(9-12-4-3-7-17-12)15-18-13-6-5-11(16)8-14(13)19-15/h5-6,8,10,12,17H,3-4,7,9H2,1-2H3,(H,18,19). The van der Waals surface area contributed by atoms with E-state index in [0.717, 1.165) is 30.1 Å². The second kappa shape index (κ2) is 5.40. The molecule has 1 atom stereocenters. The van der Waals surface area contributed by atoms with Crippen LogP contribution in [-0.2, 0) is 0 Å². The Morgan fingerprint density at radius 3 is 3.00 bits per heavy atom. The van der Waals surface area contributed by atoms with E-state index in [9.17, 15) is 4.39 Å². The number of nitrogens with one attached hydrogen (secondary N) is 2. The van der Waals surface area contributed by atoms with Gasteiger partial charge in [-0.2, -0.15) is 0 Å². The molecule has 0 bridgehead atoms. The molecule has 0 amide bonds. The fourth-order valence-corrected chi connectivity index (χ4v) is 2.80. The van der Waals surface area contributed by atoms with Gasteiger partial charge in [0.25, 0.3) is 0 Å². The third-order valence-electron chi connectivity index (χ3n) is 3.91. The Labute approximate surface area is 118 Å². The molecule has 1 fully saturated rings. The Kier molecular flexibility index (Phi) is 3.61. The van der Waals surface area contributed by atoms with E-state index in [1.54, 1.807) is 6.07 Å². The smallest absolute Gasteiger partial charge is 0.204 e. The van der Waals surface area contributed by atoms with Gasteiger partial charge >= 0.3 is 0 Å². The Balaban J connectivity index is 1.88. The fourth-order valence-electron chi connectivity index (χ4n) is 2.80. The summed E-state index contributed by atoms with van der Waals surface area (Å²) in [5.74, 6) is 0.593. The first-order valence-corrected chi connectivity index (χ1v) is 7.29. The average Bonchev–Trinajstić information content (AvgIpc) is 3.03. The maximum absolute atomic E-state index is 13.3. The highest BCUT2D eigenvalue weighted by atomic mass is 19.1. The summed E-state index contributed by atoms with van der Waals surface area (Å²) in [7, 11) is 0. The molecule has 4 nitrogen and oxygen atoms in total. The lowest BCUT2D eigenvalue weighted by molar-refractivity contribution is 0.546. The molecule has 3 rings (SSSR count). The van der Waals surface area contributed by atoms with Gasteiger partial charge in [-0.1, -0.05) is 0 Å². The van der Waals surface area contributed by atoms with Crippen LogP contribution in [0.2, 0.25) is 0 Å². The fraction of sp³-hybridized carbons (Fsp3) is 0.533. The third-order valence-corrected chi connectivity index (χ3v) is 3.91. The van der Waals surface area contributed by atoms with Crippen molar-refractivity contribution in [2.24, 2.45) is 0 Å². The van der Waals surface area contributed by atoms with E-state index in [-0.39, 0.29) is 5.82 Å². The predicted molar refractivity (Wildman–Crippen MR) is 79.6 cm³/mol. The van der Waals surface area contributed by atoms with E-state index in [2.05, 4.69) is 34.0 Å². The molecule has 1 aromatic heterocycles. The quantitative estimate of drug-likeness (QED) is 0.902. The lowest BCUT2D eigenvalue weighted by Gasteiger charge is -2.29. The van der Waals surface area contributed by atoms with Crippen molar-refractivity contribution in [2.75, 3.05) is 18.0 Å². The van der Waals surface area contributed by atoms with Gasteiger partial charge in [0.2, 0.25) is 5.95 Å². The number of aromatic nitrogens is 2. The number of aromatic amines is 1. The summed E-state index contributed by atoms with van der Waals surface area (Å²) in [5, 5.41) is 3.51. The number of halogens is 1. The first-order valence-electron chi connectivity index (χ1n) is 7.29. The highest BCUT2D eigenvalue weighted by molar-refractivity contribution is 5.77. The minimum absolute atomic E-state index is 0.235. The van der Waals surface area contributed by atoms with Gasteiger partial charge in [0.15, 0.2) is 0 Å². The summed E-state index contributed by atoms with van der Waals surface area (Å²) in [6.07, 6.45) is 2.44. The zero-order valence-electron chi connectivity index (χ0n) is 12.0. The lowest BCUT2D eigenvalue weighted by atomic mass is 10.2. The van der Waals surface area contributed by atoms with Crippen LogP contribution in [0, 0.1) is 5.82 Å². The van der Waals surface area contributed by atoms with Crippen molar-refractivity contribution in [3.8, 4) is 0 Å². The molecule has 1 unspecified atom stereocenters. The average molecular weight is 276 g/mol. The Morgan fingerprint density at radius 1 is 1.45 bits per heavy atom. The first-order chi connectivity index (χ1) is 9.63. The molecule has 2 heterocycles. The Bertz CT molecular complexity index is 587. The van der Waals surface area contributed by atoms with Gasteiger partial charge < -0.3 is 15.2 Å². The summed E-state index contributed by atoms with van der Waals surface area (Å²) in [6.45, 7) is 6.34. The van der Waals surface area contributed by atoms with Gasteiger partial charge in [0.05, 0.1) is 11.0 Å². The van der Waals surface area contributed by atoms with Crippen LogP contribution in [0.15, 0.2) is 18.2 Å². The molecule has 1 aliphatic heterocycles. The third kappa shape index (κ3) is 2.63. The number of H-pyrrole nitrogens is 1. The van der Waals surface area contributed by atoms with Gasteiger partial charge in [-0.25, -0.2) is 9.37 Å². The van der Waals surface area contributed by atoms with Gasteiger partial charge in [0.1, 0.15) is 5.82 Å². The van der Waals surface area contributed by atoms with Crippen molar-refractivity contribution in [3.05, 3.63) is 24.0 Å². The molecule has 0 spiro atoms. The minimum Gasteiger partial charge on any atom is -0.338 e. The van der Waals surface area contributed by atoms with Crippen LogP contribution in [-0.4, -0.2) is 35.1 Å². The van der Waals surface area contributed by atoms with Crippen molar-refractivity contribution in [1.29, 1.82) is 0 Å². The number of hydrogen-bond donors (Lipinski definition) is 2. The molecule has 20 heavy (non-hydrogen) atoms. The Morgan fingerprint density at radius 2 is 2.30 bits per heavy atom. The number of fused-ring (bicyclic) bond motifs is 1. The lowest BCUT2D eigenvalue weighted by Crippen LogP contribution is -2.41. The molecule has 0 aliphatic carbocycles. The largest absolute Gasteiger partial charge is 0.338 e. The molecule has 2 aromatic rings. The number of benzene rings is 1.